The van der Waals surface area contributed by atoms with Gasteiger partial charge in [0.15, 0.2) is 0 Å². The van der Waals surface area contributed by atoms with Gasteiger partial charge in [0.1, 0.15) is 0 Å². The Morgan fingerprint density at radius 2 is 1.32 bits per heavy atom. The first-order valence-corrected chi connectivity index (χ1v) is 9.70. The molecule has 1 aliphatic rings. The van der Waals surface area contributed by atoms with Crippen molar-refractivity contribution in [2.24, 2.45) is 0 Å². The second kappa shape index (κ2) is 5.47. The molecule has 0 saturated heterocycles. The second-order valence-corrected chi connectivity index (χ2v) is 10.3. The van der Waals surface area contributed by atoms with Gasteiger partial charge in [0.05, 0.1) is 0 Å². The van der Waals surface area contributed by atoms with E-state index in [2.05, 4.69) is 92.6 Å². The van der Waals surface area contributed by atoms with Crippen LogP contribution in [0, 0.1) is 0 Å². The van der Waals surface area contributed by atoms with Crippen LogP contribution in [0.5, 0.6) is 0 Å². The molecule has 0 aliphatic heterocycles. The molecule has 25 heavy (non-hydrogen) atoms. The predicted octanol–water partition coefficient (Wildman–Crippen LogP) is 7.15. The number of fused-ring (bicyclic) bond motifs is 3. The molecule has 0 amide bonds. The van der Waals surface area contributed by atoms with Crippen molar-refractivity contribution in [3.05, 3.63) is 58.1 Å². The maximum absolute atomic E-state index is 2.48. The normalized spacial score (nSPS) is 15.9. The number of rotatable bonds is 1. The van der Waals surface area contributed by atoms with E-state index in [0.29, 0.717) is 0 Å². The first-order valence-electron chi connectivity index (χ1n) is 9.70. The number of hydrogen-bond donors (Lipinski definition) is 0. The summed E-state index contributed by atoms with van der Waals surface area (Å²) in [5.41, 5.74) is 10.8. The fourth-order valence-corrected chi connectivity index (χ4v) is 4.12. The van der Waals surface area contributed by atoms with Crippen LogP contribution in [0.15, 0.2) is 30.3 Å². The van der Waals surface area contributed by atoms with Crippen molar-refractivity contribution < 1.29 is 0 Å². The summed E-state index contributed by atoms with van der Waals surface area (Å²) in [5, 5.41) is 0. The molecule has 3 rings (SSSR count). The summed E-state index contributed by atoms with van der Waals surface area (Å²) >= 11 is 0. The highest BCUT2D eigenvalue weighted by Gasteiger charge is 2.38. The summed E-state index contributed by atoms with van der Waals surface area (Å²) in [5.74, 6) is 0. The Morgan fingerprint density at radius 3 is 1.84 bits per heavy atom. The zero-order valence-electron chi connectivity index (χ0n) is 17.6. The first-order chi connectivity index (χ1) is 11.4. The fraction of sp³-hybridized carbons (Fsp3) is 0.520. The zero-order chi connectivity index (χ0) is 18.8. The van der Waals surface area contributed by atoms with Crippen molar-refractivity contribution in [3.8, 4) is 11.1 Å². The molecule has 0 nitrogen and oxygen atoms in total. The Morgan fingerprint density at radius 1 is 0.760 bits per heavy atom. The molecule has 1 aliphatic carbocycles. The SMILES string of the molecule is CCc1cc(C(C)(C)C)cc2c1-c1ccc(C(C)(C)C)cc1C2(C)C. The number of hydrogen-bond acceptors (Lipinski definition) is 0. The molecule has 0 heteroatoms. The van der Waals surface area contributed by atoms with Gasteiger partial charge in [-0.15, -0.1) is 0 Å². The Balaban J connectivity index is 2.32. The van der Waals surface area contributed by atoms with Crippen LogP contribution in [-0.2, 0) is 22.7 Å². The standard InChI is InChI=1S/C25H34/c1-10-16-13-18(24(5,6)7)15-21-22(16)19-12-11-17(23(2,3)4)14-20(19)25(21,8)9/h11-15H,10H2,1-9H3. The lowest BCUT2D eigenvalue weighted by atomic mass is 9.77. The lowest BCUT2D eigenvalue weighted by Crippen LogP contribution is -2.19. The third-order valence-electron chi connectivity index (χ3n) is 5.97. The van der Waals surface area contributed by atoms with Crippen LogP contribution >= 0.6 is 0 Å². The predicted molar refractivity (Wildman–Crippen MR) is 111 cm³/mol. The Labute approximate surface area is 154 Å². The van der Waals surface area contributed by atoms with E-state index in [4.69, 9.17) is 0 Å². The molecule has 0 atom stereocenters. The lowest BCUT2D eigenvalue weighted by Gasteiger charge is -2.27. The van der Waals surface area contributed by atoms with Gasteiger partial charge in [0.25, 0.3) is 0 Å². The first kappa shape index (κ1) is 18.2. The van der Waals surface area contributed by atoms with Crippen LogP contribution in [0.4, 0.5) is 0 Å². The topological polar surface area (TPSA) is 0 Å². The lowest BCUT2D eigenvalue weighted by molar-refractivity contribution is 0.579. The molecule has 0 heterocycles. The van der Waals surface area contributed by atoms with Crippen molar-refractivity contribution in [2.75, 3.05) is 0 Å². The molecule has 134 valence electrons. The monoisotopic (exact) mass is 334 g/mol. The Hall–Kier alpha value is -1.56. The van der Waals surface area contributed by atoms with E-state index in [1.165, 1.54) is 38.9 Å². The molecular formula is C25H34. The average Bonchev–Trinajstić information content (AvgIpc) is 2.73. The van der Waals surface area contributed by atoms with Crippen LogP contribution in [-0.4, -0.2) is 0 Å². The molecule has 0 radical (unpaired) electrons. The third kappa shape index (κ3) is 2.84. The van der Waals surface area contributed by atoms with Crippen LogP contribution in [0.2, 0.25) is 0 Å². The Bertz CT molecular complexity index is 820. The number of benzene rings is 2. The summed E-state index contributed by atoms with van der Waals surface area (Å²) in [7, 11) is 0. The summed E-state index contributed by atoms with van der Waals surface area (Å²) in [6.45, 7) is 21.0. The van der Waals surface area contributed by atoms with Gasteiger partial charge in [-0.1, -0.05) is 92.6 Å². The fourth-order valence-electron chi connectivity index (χ4n) is 4.12. The van der Waals surface area contributed by atoms with Gasteiger partial charge in [0.2, 0.25) is 0 Å². The quantitative estimate of drug-likeness (QED) is 0.519. The van der Waals surface area contributed by atoms with Crippen molar-refractivity contribution in [1.82, 2.24) is 0 Å². The van der Waals surface area contributed by atoms with E-state index in [0.717, 1.165) is 6.42 Å². The smallest absolute Gasteiger partial charge is 0.0159 e. The highest BCUT2D eigenvalue weighted by molar-refractivity contribution is 5.84. The van der Waals surface area contributed by atoms with Crippen molar-refractivity contribution in [1.29, 1.82) is 0 Å². The van der Waals surface area contributed by atoms with Crippen LogP contribution < -0.4 is 0 Å². The molecule has 2 aromatic rings. The summed E-state index contributed by atoms with van der Waals surface area (Å²) in [4.78, 5) is 0. The molecule has 0 aromatic heterocycles. The minimum absolute atomic E-state index is 0.0666. The van der Waals surface area contributed by atoms with E-state index in [9.17, 15) is 0 Å². The van der Waals surface area contributed by atoms with E-state index < -0.39 is 0 Å². The molecule has 2 aromatic carbocycles. The number of aryl methyl sites for hydroxylation is 1. The van der Waals surface area contributed by atoms with Crippen molar-refractivity contribution >= 4 is 0 Å². The van der Waals surface area contributed by atoms with Gasteiger partial charge in [0, 0.05) is 5.41 Å². The van der Waals surface area contributed by atoms with Crippen molar-refractivity contribution in [3.63, 3.8) is 0 Å². The molecule has 0 N–H and O–H groups in total. The summed E-state index contributed by atoms with van der Waals surface area (Å²) < 4.78 is 0. The van der Waals surface area contributed by atoms with Gasteiger partial charge in [-0.25, -0.2) is 0 Å². The molecule has 0 fully saturated rings. The minimum atomic E-state index is 0.0666. The molecule has 0 saturated carbocycles. The minimum Gasteiger partial charge on any atom is -0.0613 e. The molecule has 0 bridgehead atoms. The van der Waals surface area contributed by atoms with E-state index >= 15 is 0 Å². The van der Waals surface area contributed by atoms with E-state index in [1.54, 1.807) is 0 Å². The van der Waals surface area contributed by atoms with Crippen LogP contribution in [0.1, 0.15) is 90.1 Å². The highest BCUT2D eigenvalue weighted by Crippen LogP contribution is 2.52. The van der Waals surface area contributed by atoms with Gasteiger partial charge in [-0.3, -0.25) is 0 Å². The summed E-state index contributed by atoms with van der Waals surface area (Å²) in [6, 6.07) is 12.1. The van der Waals surface area contributed by atoms with Gasteiger partial charge >= 0.3 is 0 Å². The van der Waals surface area contributed by atoms with Crippen molar-refractivity contribution in [2.45, 2.75) is 85.0 Å². The second-order valence-electron chi connectivity index (χ2n) is 10.3. The van der Waals surface area contributed by atoms with Crippen LogP contribution in [0.3, 0.4) is 0 Å². The largest absolute Gasteiger partial charge is 0.0613 e. The molecule has 0 spiro atoms. The van der Waals surface area contributed by atoms with Gasteiger partial charge in [-0.05, 0) is 56.2 Å². The van der Waals surface area contributed by atoms with Gasteiger partial charge in [-0.2, -0.15) is 0 Å². The maximum Gasteiger partial charge on any atom is 0.0159 e. The third-order valence-corrected chi connectivity index (χ3v) is 5.97. The molecule has 0 unspecified atom stereocenters. The maximum atomic E-state index is 2.48. The van der Waals surface area contributed by atoms with Crippen LogP contribution in [0.25, 0.3) is 11.1 Å². The highest BCUT2D eigenvalue weighted by atomic mass is 14.4. The van der Waals surface area contributed by atoms with E-state index in [1.807, 2.05) is 0 Å². The average molecular weight is 335 g/mol. The molecular weight excluding hydrogens is 300 g/mol. The summed E-state index contributed by atoms with van der Waals surface area (Å²) in [6.07, 6.45) is 1.09. The Kier molecular flexibility index (Phi) is 3.99. The zero-order valence-corrected chi connectivity index (χ0v) is 17.6. The van der Waals surface area contributed by atoms with Gasteiger partial charge < -0.3 is 0 Å². The van der Waals surface area contributed by atoms with E-state index in [-0.39, 0.29) is 16.2 Å².